The van der Waals surface area contributed by atoms with Crippen LogP contribution in [0.3, 0.4) is 0 Å². The molecule has 7 rings (SSSR count). The maximum Gasteiger partial charge on any atom is 0.331 e. The number of ether oxygens (including phenoxy) is 4. The third kappa shape index (κ3) is 3.20. The summed E-state index contributed by atoms with van der Waals surface area (Å²) in [6, 6.07) is 0. The van der Waals surface area contributed by atoms with Crippen molar-refractivity contribution in [2.75, 3.05) is 6.61 Å². The van der Waals surface area contributed by atoms with E-state index in [0.717, 1.165) is 44.0 Å². The second-order valence-corrected chi connectivity index (χ2v) is 13.6. The number of hydrogen-bond donors (Lipinski definition) is 3. The van der Waals surface area contributed by atoms with Crippen LogP contribution in [-0.2, 0) is 28.5 Å². The first kappa shape index (κ1) is 25.6. The van der Waals surface area contributed by atoms with Gasteiger partial charge in [0.15, 0.2) is 0 Å². The summed E-state index contributed by atoms with van der Waals surface area (Å²) in [5, 5.41) is 34.4. The van der Waals surface area contributed by atoms with E-state index in [4.69, 9.17) is 18.9 Å². The van der Waals surface area contributed by atoms with Gasteiger partial charge in [-0.05, 0) is 87.5 Å². The van der Waals surface area contributed by atoms with Gasteiger partial charge in [0.2, 0.25) is 12.1 Å². The molecule has 0 amide bonds. The van der Waals surface area contributed by atoms with Gasteiger partial charge in [0.25, 0.3) is 0 Å². The summed E-state index contributed by atoms with van der Waals surface area (Å²) >= 11 is 0. The number of aliphatic hydroxyl groups is 3. The van der Waals surface area contributed by atoms with Crippen LogP contribution in [0, 0.1) is 34.5 Å². The lowest BCUT2D eigenvalue weighted by Crippen LogP contribution is -2.71. The molecule has 0 radical (unpaired) electrons. The number of aldehydes is 1. The first-order chi connectivity index (χ1) is 18.0. The third-order valence-corrected chi connectivity index (χ3v) is 12.1. The average Bonchev–Trinajstić information content (AvgIpc) is 3.42. The lowest BCUT2D eigenvalue weighted by Gasteiger charge is -2.64. The monoisotopic (exact) mass is 532 g/mol. The summed E-state index contributed by atoms with van der Waals surface area (Å²) in [4.78, 5) is 24.9. The van der Waals surface area contributed by atoms with Crippen LogP contribution in [0.5, 0.6) is 0 Å². The minimum absolute atomic E-state index is 0.00418. The molecule has 7 aliphatic rings. The Morgan fingerprint density at radius 3 is 2.58 bits per heavy atom. The topological polar surface area (TPSA) is 132 Å². The number of carbonyl (C=O) groups is 2. The van der Waals surface area contributed by atoms with Gasteiger partial charge >= 0.3 is 5.97 Å². The summed E-state index contributed by atoms with van der Waals surface area (Å²) in [5.74, 6) is -2.11. The number of carbonyl (C=O) groups excluding carboxylic acids is 2. The maximum atomic E-state index is 13.1. The van der Waals surface area contributed by atoms with Crippen molar-refractivity contribution in [3.63, 3.8) is 0 Å². The Morgan fingerprint density at radius 2 is 1.84 bits per heavy atom. The predicted octanol–water partition coefficient (Wildman–Crippen LogP) is 2.00. The molecule has 2 saturated heterocycles. The van der Waals surface area contributed by atoms with Crippen LogP contribution in [0.15, 0.2) is 11.6 Å². The van der Waals surface area contributed by atoms with E-state index in [1.54, 1.807) is 6.08 Å². The van der Waals surface area contributed by atoms with Crippen molar-refractivity contribution in [2.45, 2.75) is 114 Å². The molecule has 0 aromatic carbocycles. The van der Waals surface area contributed by atoms with Crippen molar-refractivity contribution in [3.05, 3.63) is 11.6 Å². The average molecular weight is 533 g/mol. The van der Waals surface area contributed by atoms with Crippen LogP contribution in [0.25, 0.3) is 0 Å². The van der Waals surface area contributed by atoms with Gasteiger partial charge in [-0.3, -0.25) is 0 Å². The molecule has 4 saturated carbocycles. The van der Waals surface area contributed by atoms with E-state index in [1.807, 2.05) is 6.92 Å². The van der Waals surface area contributed by atoms with Crippen LogP contribution in [0.4, 0.5) is 0 Å². The highest BCUT2D eigenvalue weighted by Gasteiger charge is 2.70. The first-order valence-electron chi connectivity index (χ1n) is 14.5. The summed E-state index contributed by atoms with van der Waals surface area (Å²) in [6.07, 6.45) is 5.34. The minimum Gasteiger partial charge on any atom is -0.458 e. The van der Waals surface area contributed by atoms with Crippen LogP contribution in [-0.4, -0.2) is 76.3 Å². The second kappa shape index (κ2) is 8.33. The Balaban J connectivity index is 1.18. The van der Waals surface area contributed by atoms with Crippen molar-refractivity contribution in [3.8, 4) is 0 Å². The molecule has 9 heteroatoms. The lowest BCUT2D eigenvalue weighted by atomic mass is 9.42. The normalized spacial score (nSPS) is 57.4. The van der Waals surface area contributed by atoms with E-state index in [9.17, 15) is 24.9 Å². The Bertz CT molecular complexity index is 1060. The number of esters is 1. The van der Waals surface area contributed by atoms with Gasteiger partial charge in [0.05, 0.1) is 23.9 Å². The molecule has 3 aliphatic heterocycles. The molecule has 0 aromatic rings. The molecule has 0 aromatic heterocycles. The molecule has 38 heavy (non-hydrogen) atoms. The van der Waals surface area contributed by atoms with Crippen molar-refractivity contribution in [1.29, 1.82) is 0 Å². The summed E-state index contributed by atoms with van der Waals surface area (Å²) < 4.78 is 23.5. The van der Waals surface area contributed by atoms with Crippen molar-refractivity contribution in [2.24, 2.45) is 34.5 Å². The zero-order valence-electron chi connectivity index (χ0n) is 22.2. The van der Waals surface area contributed by atoms with Crippen LogP contribution in [0.2, 0.25) is 0 Å². The lowest BCUT2D eigenvalue weighted by molar-refractivity contribution is -0.457. The molecular formula is C29H40O9. The number of rotatable bonds is 2. The van der Waals surface area contributed by atoms with Gasteiger partial charge in [-0.25, -0.2) is 4.79 Å². The number of aliphatic hydroxyl groups excluding tert-OH is 1. The fraction of sp³-hybridized carbons (Fsp3) is 0.862. The van der Waals surface area contributed by atoms with Crippen molar-refractivity contribution in [1.82, 2.24) is 0 Å². The van der Waals surface area contributed by atoms with Gasteiger partial charge in [-0.1, -0.05) is 6.92 Å². The van der Waals surface area contributed by atoms with E-state index in [2.05, 4.69) is 6.92 Å². The van der Waals surface area contributed by atoms with E-state index in [1.165, 1.54) is 0 Å². The van der Waals surface area contributed by atoms with Gasteiger partial charge in [0.1, 0.15) is 19.0 Å². The molecule has 3 unspecified atom stereocenters. The first-order valence-corrected chi connectivity index (χ1v) is 14.5. The number of fused-ring (bicyclic) bond motifs is 7. The fourth-order valence-electron chi connectivity index (χ4n) is 10.2. The van der Waals surface area contributed by atoms with Gasteiger partial charge in [-0.2, -0.15) is 0 Å². The third-order valence-electron chi connectivity index (χ3n) is 12.1. The van der Waals surface area contributed by atoms with Crippen LogP contribution < -0.4 is 0 Å². The SMILES string of the molecule is CC1CC(O)[C@@]2(O)O[C@@H]3C[C@]4(C=O)[C@H](CC[C@@H]5[C@@H]4CC[C@]4(C)C(C6=CC(=O)OC6)CC[C@]54O)C[C@@H]3O[C@@H]2O1. The molecule has 4 aliphatic carbocycles. The van der Waals surface area contributed by atoms with Crippen LogP contribution in [0.1, 0.15) is 71.6 Å². The van der Waals surface area contributed by atoms with Crippen molar-refractivity contribution >= 4 is 12.3 Å². The molecular weight excluding hydrogens is 492 g/mol. The molecule has 0 bridgehead atoms. The van der Waals surface area contributed by atoms with E-state index < -0.39 is 35.3 Å². The summed E-state index contributed by atoms with van der Waals surface area (Å²) in [5.41, 5.74) is -1.01. The zero-order chi connectivity index (χ0) is 26.7. The quantitative estimate of drug-likeness (QED) is 0.278. The molecule has 3 heterocycles. The molecule has 9 nitrogen and oxygen atoms in total. The van der Waals surface area contributed by atoms with Gasteiger partial charge < -0.3 is 39.1 Å². The molecule has 13 atom stereocenters. The standard InChI is InChI=1S/C29H40O9/c1-15-9-23(31)29(34)25(36-15)37-21-11-17-3-4-20-19(27(17,14-30)12-22(21)38-29)5-7-26(2)18(6-8-28(20,26)33)16-10-24(32)35-13-16/h10,14-15,17-23,25,31,33-34H,3-9,11-13H2,1-2H3/t15?,17-,18?,19+,20-,21+,22-,23?,25+,26-,27+,28+,29-/m1/s1. The fourth-order valence-corrected chi connectivity index (χ4v) is 10.2. The minimum atomic E-state index is -1.96. The second-order valence-electron chi connectivity index (χ2n) is 13.6. The Labute approximate surface area is 222 Å². The molecule has 6 fully saturated rings. The largest absolute Gasteiger partial charge is 0.458 e. The van der Waals surface area contributed by atoms with Crippen LogP contribution >= 0.6 is 0 Å². The number of hydrogen-bond acceptors (Lipinski definition) is 9. The smallest absolute Gasteiger partial charge is 0.331 e. The van der Waals surface area contributed by atoms with E-state index >= 15 is 0 Å². The van der Waals surface area contributed by atoms with Gasteiger partial charge in [-0.15, -0.1) is 0 Å². The summed E-state index contributed by atoms with van der Waals surface area (Å²) in [6.45, 7) is 4.31. The van der Waals surface area contributed by atoms with E-state index in [-0.39, 0.29) is 53.7 Å². The molecule has 210 valence electrons. The highest BCUT2D eigenvalue weighted by molar-refractivity contribution is 5.85. The zero-order valence-corrected chi connectivity index (χ0v) is 22.2. The Hall–Kier alpha value is -1.36. The highest BCUT2D eigenvalue weighted by atomic mass is 16.8. The molecule has 0 spiro atoms. The summed E-state index contributed by atoms with van der Waals surface area (Å²) in [7, 11) is 0. The van der Waals surface area contributed by atoms with E-state index in [0.29, 0.717) is 25.9 Å². The Kier molecular flexibility index (Phi) is 5.61. The highest BCUT2D eigenvalue weighted by Crippen LogP contribution is 2.70. The Morgan fingerprint density at radius 1 is 1.03 bits per heavy atom. The molecule has 3 N–H and O–H groups in total. The van der Waals surface area contributed by atoms with Crippen molar-refractivity contribution < 1.29 is 43.9 Å². The maximum absolute atomic E-state index is 13.1. The van der Waals surface area contributed by atoms with Gasteiger partial charge in [0, 0.05) is 23.3 Å². The predicted molar refractivity (Wildman–Crippen MR) is 131 cm³/mol. The number of cyclic esters (lactones) is 1.